The second kappa shape index (κ2) is 6.66. The van der Waals surface area contributed by atoms with Crippen LogP contribution in [0.3, 0.4) is 0 Å². The number of hydrogen-bond acceptors (Lipinski definition) is 5. The van der Waals surface area contributed by atoms with Gasteiger partial charge in [-0.3, -0.25) is 9.48 Å². The van der Waals surface area contributed by atoms with Gasteiger partial charge in [-0.1, -0.05) is 12.8 Å². The first kappa shape index (κ1) is 15.8. The number of aromatic amines is 1. The topological polar surface area (TPSA) is 85.7 Å². The van der Waals surface area contributed by atoms with E-state index in [1.165, 1.54) is 20.0 Å². The molecule has 1 saturated carbocycles. The van der Waals surface area contributed by atoms with Crippen molar-refractivity contribution in [2.45, 2.75) is 38.1 Å². The number of carbonyl (C=O) groups is 1. The lowest BCUT2D eigenvalue weighted by Crippen LogP contribution is -2.22. The number of aromatic nitrogens is 5. The van der Waals surface area contributed by atoms with E-state index in [0.29, 0.717) is 12.3 Å². The summed E-state index contributed by atoms with van der Waals surface area (Å²) in [4.78, 5) is 23.6. The van der Waals surface area contributed by atoms with Gasteiger partial charge < -0.3 is 9.72 Å². The number of H-pyrrole nitrogens is 1. The first-order valence-corrected chi connectivity index (χ1v) is 8.65. The van der Waals surface area contributed by atoms with Gasteiger partial charge in [0, 0.05) is 23.3 Å². The van der Waals surface area contributed by atoms with Crippen molar-refractivity contribution in [1.29, 1.82) is 0 Å². The number of rotatable bonds is 5. The third-order valence-corrected chi connectivity index (χ3v) is 5.12. The third-order valence-electron chi connectivity index (χ3n) is 5.12. The Morgan fingerprint density at radius 1 is 1.40 bits per heavy atom. The normalized spacial score (nSPS) is 16.4. The number of nitrogens with zero attached hydrogens (tertiary/aromatic N) is 4. The Balaban J connectivity index is 1.68. The van der Waals surface area contributed by atoms with Crippen LogP contribution in [0.4, 0.5) is 0 Å². The summed E-state index contributed by atoms with van der Waals surface area (Å²) in [6, 6.07) is 2.00. The molecule has 0 spiro atoms. The summed E-state index contributed by atoms with van der Waals surface area (Å²) in [6.45, 7) is 0. The van der Waals surface area contributed by atoms with Gasteiger partial charge in [0.1, 0.15) is 12.0 Å². The molecule has 1 aliphatic rings. The highest BCUT2D eigenvalue weighted by Crippen LogP contribution is 2.37. The molecule has 1 atom stereocenters. The Morgan fingerprint density at radius 2 is 2.24 bits per heavy atom. The fourth-order valence-corrected chi connectivity index (χ4v) is 3.82. The average Bonchev–Trinajstić information content (AvgIpc) is 3.40. The number of ether oxygens (including phenoxy) is 1. The van der Waals surface area contributed by atoms with E-state index >= 15 is 0 Å². The molecule has 0 amide bonds. The Bertz CT molecular complexity index is 878. The van der Waals surface area contributed by atoms with Crippen molar-refractivity contribution < 1.29 is 9.53 Å². The summed E-state index contributed by atoms with van der Waals surface area (Å²) in [5.41, 5.74) is 2.58. The molecule has 0 saturated heterocycles. The van der Waals surface area contributed by atoms with Crippen LogP contribution in [0.5, 0.6) is 0 Å². The number of carbonyl (C=O) groups excluding carboxylic acids is 1. The van der Waals surface area contributed by atoms with Crippen LogP contribution in [0.25, 0.3) is 22.3 Å². The second-order valence-electron chi connectivity index (χ2n) is 6.56. The number of fused-ring (bicyclic) bond motifs is 1. The van der Waals surface area contributed by atoms with Crippen LogP contribution in [-0.2, 0) is 9.53 Å². The van der Waals surface area contributed by atoms with Crippen molar-refractivity contribution in [3.63, 3.8) is 0 Å². The molecule has 4 rings (SSSR count). The number of methoxy groups -OCH3 is 1. The lowest BCUT2D eigenvalue weighted by Gasteiger charge is -2.22. The number of nitrogens with one attached hydrogen (secondary N) is 1. The van der Waals surface area contributed by atoms with E-state index in [1.54, 1.807) is 6.33 Å². The highest BCUT2D eigenvalue weighted by Gasteiger charge is 2.29. The molecule has 1 unspecified atom stereocenters. The fourth-order valence-electron chi connectivity index (χ4n) is 3.82. The molecule has 1 aliphatic carbocycles. The molecule has 0 aliphatic heterocycles. The molecule has 130 valence electrons. The van der Waals surface area contributed by atoms with Crippen LogP contribution in [-0.4, -0.2) is 37.8 Å². The van der Waals surface area contributed by atoms with E-state index in [-0.39, 0.29) is 12.0 Å². The summed E-state index contributed by atoms with van der Waals surface area (Å²) in [5, 5.41) is 5.52. The molecule has 1 N–H and O–H groups in total. The number of esters is 1. The second-order valence-corrected chi connectivity index (χ2v) is 6.56. The zero-order chi connectivity index (χ0) is 17.2. The lowest BCUT2D eigenvalue weighted by molar-refractivity contribution is -0.142. The average molecular weight is 339 g/mol. The molecule has 1 fully saturated rings. The minimum absolute atomic E-state index is 0.0345. The zero-order valence-electron chi connectivity index (χ0n) is 14.2. The first-order chi connectivity index (χ1) is 12.3. The van der Waals surface area contributed by atoms with Crippen molar-refractivity contribution in [2.24, 2.45) is 5.92 Å². The molecule has 7 nitrogen and oxygen atoms in total. The summed E-state index contributed by atoms with van der Waals surface area (Å²) in [7, 11) is 1.44. The maximum absolute atomic E-state index is 11.9. The monoisotopic (exact) mass is 339 g/mol. The molecule has 3 heterocycles. The van der Waals surface area contributed by atoms with E-state index in [4.69, 9.17) is 4.74 Å². The van der Waals surface area contributed by atoms with Gasteiger partial charge in [-0.2, -0.15) is 5.10 Å². The Hall–Kier alpha value is -2.70. The highest BCUT2D eigenvalue weighted by molar-refractivity contribution is 5.89. The van der Waals surface area contributed by atoms with E-state index in [9.17, 15) is 4.79 Å². The molecule has 25 heavy (non-hydrogen) atoms. The van der Waals surface area contributed by atoms with Crippen LogP contribution in [0.15, 0.2) is 31.0 Å². The van der Waals surface area contributed by atoms with Crippen LogP contribution in [0.1, 0.15) is 38.1 Å². The van der Waals surface area contributed by atoms with Crippen molar-refractivity contribution in [3.05, 3.63) is 31.0 Å². The van der Waals surface area contributed by atoms with Gasteiger partial charge >= 0.3 is 5.97 Å². The van der Waals surface area contributed by atoms with Gasteiger partial charge in [-0.15, -0.1) is 0 Å². The summed E-state index contributed by atoms with van der Waals surface area (Å²) in [6.07, 6.45) is 12.2. The van der Waals surface area contributed by atoms with E-state index in [0.717, 1.165) is 35.1 Å². The van der Waals surface area contributed by atoms with Gasteiger partial charge in [-0.05, 0) is 24.8 Å². The summed E-state index contributed by atoms with van der Waals surface area (Å²) in [5.74, 6) is 0.272. The SMILES string of the molecule is COC(=O)CC(C1CCCC1)n1cc(-c2ncnc3[nH]ccc23)cn1. The van der Waals surface area contributed by atoms with Gasteiger partial charge in [0.2, 0.25) is 0 Å². The molecule has 0 aromatic carbocycles. The largest absolute Gasteiger partial charge is 0.469 e. The van der Waals surface area contributed by atoms with Crippen molar-refractivity contribution >= 4 is 17.0 Å². The summed E-state index contributed by atoms with van der Waals surface area (Å²) < 4.78 is 6.82. The maximum Gasteiger partial charge on any atom is 0.307 e. The smallest absolute Gasteiger partial charge is 0.307 e. The predicted octanol–water partition coefficient (Wildman–Crippen LogP) is 3.12. The van der Waals surface area contributed by atoms with Crippen LogP contribution in [0, 0.1) is 5.92 Å². The van der Waals surface area contributed by atoms with Crippen molar-refractivity contribution in [2.75, 3.05) is 7.11 Å². The van der Waals surface area contributed by atoms with E-state index in [2.05, 4.69) is 20.1 Å². The Kier molecular flexibility index (Phi) is 4.21. The lowest BCUT2D eigenvalue weighted by atomic mass is 9.95. The molecule has 0 radical (unpaired) electrons. The Morgan fingerprint density at radius 3 is 3.04 bits per heavy atom. The number of hydrogen-bond donors (Lipinski definition) is 1. The fraction of sp³-hybridized carbons (Fsp3) is 0.444. The highest BCUT2D eigenvalue weighted by atomic mass is 16.5. The molecule has 3 aromatic heterocycles. The Labute approximate surface area is 145 Å². The van der Waals surface area contributed by atoms with Gasteiger partial charge in [0.25, 0.3) is 0 Å². The maximum atomic E-state index is 11.9. The van der Waals surface area contributed by atoms with E-state index < -0.39 is 0 Å². The van der Waals surface area contributed by atoms with Crippen LogP contribution < -0.4 is 0 Å². The standard InChI is InChI=1S/C18H21N5O2/c1-25-16(24)8-15(12-4-2-3-5-12)23-10-13(9-22-23)17-14-6-7-19-18(14)21-11-20-17/h6-7,9-12,15H,2-5,8H2,1H3,(H,19,20,21). The first-order valence-electron chi connectivity index (χ1n) is 8.65. The van der Waals surface area contributed by atoms with E-state index in [1.807, 2.05) is 29.3 Å². The molecule has 7 heteroatoms. The van der Waals surface area contributed by atoms with Crippen LogP contribution in [0.2, 0.25) is 0 Å². The molecular formula is C18H21N5O2. The molecule has 3 aromatic rings. The van der Waals surface area contributed by atoms with Gasteiger partial charge in [0.15, 0.2) is 0 Å². The van der Waals surface area contributed by atoms with Crippen LogP contribution >= 0.6 is 0 Å². The minimum Gasteiger partial charge on any atom is -0.469 e. The molecule has 0 bridgehead atoms. The minimum atomic E-state index is -0.191. The van der Waals surface area contributed by atoms with Gasteiger partial charge in [-0.25, -0.2) is 9.97 Å². The predicted molar refractivity (Wildman–Crippen MR) is 92.7 cm³/mol. The summed E-state index contributed by atoms with van der Waals surface area (Å²) >= 11 is 0. The third kappa shape index (κ3) is 3.01. The van der Waals surface area contributed by atoms with Crippen molar-refractivity contribution in [1.82, 2.24) is 24.7 Å². The van der Waals surface area contributed by atoms with Gasteiger partial charge in [0.05, 0.1) is 31.5 Å². The molecular weight excluding hydrogens is 318 g/mol. The van der Waals surface area contributed by atoms with Crippen molar-refractivity contribution in [3.8, 4) is 11.3 Å². The quantitative estimate of drug-likeness (QED) is 0.722. The zero-order valence-corrected chi connectivity index (χ0v) is 14.2.